The van der Waals surface area contributed by atoms with Crippen LogP contribution in [0.2, 0.25) is 0 Å². The van der Waals surface area contributed by atoms with E-state index in [4.69, 9.17) is 18.8 Å². The quantitative estimate of drug-likeness (QED) is 0.205. The first-order valence-corrected chi connectivity index (χ1v) is 18.3. The summed E-state index contributed by atoms with van der Waals surface area (Å²) >= 11 is 0. The summed E-state index contributed by atoms with van der Waals surface area (Å²) in [5, 5.41) is 8.94. The summed E-state index contributed by atoms with van der Waals surface area (Å²) in [5.41, 5.74) is 2.09. The van der Waals surface area contributed by atoms with Gasteiger partial charge in [0.2, 0.25) is 11.8 Å². The fraction of sp³-hybridized carbons (Fsp3) is 0.615. The fourth-order valence-electron chi connectivity index (χ4n) is 8.21. The maximum Gasteiger partial charge on any atom is 0.481 e. The number of carbonyl (C=O) groups excluding carboxylic acids is 3. The van der Waals surface area contributed by atoms with Crippen LogP contribution < -0.4 is 25.4 Å². The molecule has 3 N–H and O–H groups in total. The Bertz CT molecular complexity index is 1520. The number of carbonyl (C=O) groups is 3. The molecule has 2 aromatic rings. The van der Waals surface area contributed by atoms with E-state index in [0.29, 0.717) is 35.3 Å². The smallest absolute Gasteiger partial charge is 0.481 e. The molecule has 1 heterocycles. The highest BCUT2D eigenvalue weighted by atomic mass is 16.7. The zero-order valence-corrected chi connectivity index (χ0v) is 31.1. The molecule has 10 nitrogen and oxygen atoms in total. The number of ether oxygens (including phenoxy) is 2. The maximum absolute atomic E-state index is 14.1. The van der Waals surface area contributed by atoms with Gasteiger partial charge in [-0.3, -0.25) is 14.4 Å². The lowest BCUT2D eigenvalue weighted by molar-refractivity contribution is -0.199. The molecule has 1 saturated heterocycles. The van der Waals surface area contributed by atoms with E-state index in [9.17, 15) is 14.4 Å². The Labute approximate surface area is 298 Å². The highest BCUT2D eigenvalue weighted by Gasteiger charge is 2.68. The van der Waals surface area contributed by atoms with E-state index < -0.39 is 36.5 Å². The number of rotatable bonds is 16. The van der Waals surface area contributed by atoms with Gasteiger partial charge in [-0.2, -0.15) is 0 Å². The fourth-order valence-corrected chi connectivity index (χ4v) is 8.21. The van der Waals surface area contributed by atoms with Gasteiger partial charge in [0.15, 0.2) is 11.5 Å². The van der Waals surface area contributed by atoms with Crippen LogP contribution in [0.5, 0.6) is 11.5 Å². The number of methoxy groups -OCH3 is 2. The second kappa shape index (κ2) is 15.8. The molecule has 1 aliphatic heterocycles. The SMILES string of the molecule is CCCCc1ccc(C(=O)N[C@@H](CNC(=O)Cc2ccc(OC)c(OC)c2)C(=O)N[C@@H](CC(C)C)B2O[C@@H]3C[C@@H]4C[C@@H](C4(C)C)[C@]3(C)O2)cc1. The van der Waals surface area contributed by atoms with Crippen molar-refractivity contribution in [3.05, 3.63) is 59.2 Å². The monoisotopic (exact) mass is 689 g/mol. The number of amides is 3. The highest BCUT2D eigenvalue weighted by molar-refractivity contribution is 6.48. The van der Waals surface area contributed by atoms with E-state index >= 15 is 0 Å². The third-order valence-electron chi connectivity index (χ3n) is 11.3. The van der Waals surface area contributed by atoms with Crippen LogP contribution in [-0.4, -0.2) is 69.3 Å². The average Bonchev–Trinajstić information content (AvgIpc) is 3.46. The third kappa shape index (κ3) is 8.15. The molecule has 4 aliphatic rings. The predicted molar refractivity (Wildman–Crippen MR) is 194 cm³/mol. The molecule has 50 heavy (non-hydrogen) atoms. The first-order valence-electron chi connectivity index (χ1n) is 18.3. The van der Waals surface area contributed by atoms with Crippen molar-refractivity contribution in [2.75, 3.05) is 20.8 Å². The third-order valence-corrected chi connectivity index (χ3v) is 11.3. The van der Waals surface area contributed by atoms with Gasteiger partial charge in [-0.05, 0) is 97.6 Å². The number of hydrogen-bond donors (Lipinski definition) is 3. The molecular weight excluding hydrogens is 633 g/mol. The molecule has 272 valence electrons. The van der Waals surface area contributed by atoms with Gasteiger partial charge in [0, 0.05) is 12.1 Å². The summed E-state index contributed by atoms with van der Waals surface area (Å²) in [6.07, 6.45) is 5.84. The summed E-state index contributed by atoms with van der Waals surface area (Å²) in [4.78, 5) is 40.8. The molecule has 11 heteroatoms. The van der Waals surface area contributed by atoms with E-state index in [1.54, 1.807) is 37.4 Å². The van der Waals surface area contributed by atoms with Crippen molar-refractivity contribution in [2.45, 2.75) is 110 Å². The minimum Gasteiger partial charge on any atom is -0.493 e. The normalized spacial score (nSPS) is 24.4. The highest BCUT2D eigenvalue weighted by Crippen LogP contribution is 2.65. The van der Waals surface area contributed by atoms with Crippen LogP contribution in [0.1, 0.15) is 95.1 Å². The largest absolute Gasteiger partial charge is 0.493 e. The zero-order valence-electron chi connectivity index (χ0n) is 31.1. The number of hydrogen-bond acceptors (Lipinski definition) is 7. The first kappa shape index (κ1) is 37.7. The molecule has 6 atom stereocenters. The molecule has 0 spiro atoms. The van der Waals surface area contributed by atoms with Gasteiger partial charge in [0.1, 0.15) is 6.04 Å². The predicted octanol–water partition coefficient (Wildman–Crippen LogP) is 5.30. The van der Waals surface area contributed by atoms with Crippen molar-refractivity contribution >= 4 is 24.8 Å². The van der Waals surface area contributed by atoms with Gasteiger partial charge in [0.05, 0.1) is 38.3 Å². The Morgan fingerprint density at radius 2 is 1.66 bits per heavy atom. The van der Waals surface area contributed by atoms with Gasteiger partial charge in [-0.1, -0.05) is 59.2 Å². The van der Waals surface area contributed by atoms with E-state index in [-0.39, 0.29) is 36.3 Å². The zero-order chi connectivity index (χ0) is 36.2. The average molecular weight is 690 g/mol. The Morgan fingerprint density at radius 1 is 0.960 bits per heavy atom. The van der Waals surface area contributed by atoms with Crippen molar-refractivity contribution in [2.24, 2.45) is 23.2 Å². The number of benzene rings is 2. The molecule has 0 aromatic heterocycles. The molecule has 2 bridgehead atoms. The lowest BCUT2D eigenvalue weighted by atomic mass is 9.43. The molecular formula is C39H56BN3O7. The Morgan fingerprint density at radius 3 is 2.30 bits per heavy atom. The molecule has 2 aromatic carbocycles. The summed E-state index contributed by atoms with van der Waals surface area (Å²) in [6, 6.07) is 11.7. The molecule has 0 unspecified atom stereocenters. The summed E-state index contributed by atoms with van der Waals surface area (Å²) in [6.45, 7) is 13.1. The molecule has 3 aliphatic carbocycles. The first-order chi connectivity index (χ1) is 23.8. The van der Waals surface area contributed by atoms with E-state index in [2.05, 4.69) is 57.5 Å². The topological polar surface area (TPSA) is 124 Å². The van der Waals surface area contributed by atoms with Crippen LogP contribution >= 0.6 is 0 Å². The molecule has 3 saturated carbocycles. The van der Waals surface area contributed by atoms with Gasteiger partial charge in [-0.25, -0.2) is 0 Å². The van der Waals surface area contributed by atoms with E-state index in [0.717, 1.165) is 43.2 Å². The van der Waals surface area contributed by atoms with Crippen LogP contribution in [0.4, 0.5) is 0 Å². The summed E-state index contributed by atoms with van der Waals surface area (Å²) in [5.74, 6) is 0.777. The van der Waals surface area contributed by atoms with Crippen molar-refractivity contribution in [3.8, 4) is 11.5 Å². The van der Waals surface area contributed by atoms with Crippen molar-refractivity contribution in [1.29, 1.82) is 0 Å². The second-order valence-corrected chi connectivity index (χ2v) is 15.6. The standard InChI is InChI=1S/C39H56BN3O7/c1-9-10-11-25-12-15-27(16-13-25)36(45)42-29(23-41-35(44)20-26-14-17-30(47-7)31(19-26)48-8)37(46)43-34(18-24(2)3)40-49-33-22-28-21-32(38(28,4)5)39(33,6)50-40/h12-17,19,24,28-29,32-34H,9-11,18,20-23H2,1-8H3,(H,41,44)(H,42,45)(H,43,46)/t28-,29-,32-,33+,34-,39-/m0/s1. The van der Waals surface area contributed by atoms with Crippen LogP contribution in [0.15, 0.2) is 42.5 Å². The van der Waals surface area contributed by atoms with E-state index in [1.165, 1.54) is 7.11 Å². The molecule has 6 rings (SSSR count). The number of aryl methyl sites for hydroxylation is 1. The maximum atomic E-state index is 14.1. The lowest BCUT2D eigenvalue weighted by Gasteiger charge is -2.64. The summed E-state index contributed by atoms with van der Waals surface area (Å²) in [7, 11) is 2.48. The van der Waals surface area contributed by atoms with E-state index in [1.807, 2.05) is 12.1 Å². The van der Waals surface area contributed by atoms with Crippen LogP contribution in [0, 0.1) is 23.2 Å². The van der Waals surface area contributed by atoms with Crippen LogP contribution in [0.3, 0.4) is 0 Å². The molecule has 3 amide bonds. The van der Waals surface area contributed by atoms with Gasteiger partial charge in [-0.15, -0.1) is 0 Å². The van der Waals surface area contributed by atoms with Crippen molar-refractivity contribution < 1.29 is 33.2 Å². The summed E-state index contributed by atoms with van der Waals surface area (Å²) < 4.78 is 24.0. The Hall–Kier alpha value is -3.57. The minimum atomic E-state index is -1.04. The van der Waals surface area contributed by atoms with Crippen molar-refractivity contribution in [1.82, 2.24) is 16.0 Å². The molecule has 0 radical (unpaired) electrons. The lowest BCUT2D eigenvalue weighted by Crippen LogP contribution is -2.65. The minimum absolute atomic E-state index is 0.0255. The number of unbranched alkanes of at least 4 members (excludes halogenated alkanes) is 1. The van der Waals surface area contributed by atoms with Gasteiger partial charge < -0.3 is 34.7 Å². The van der Waals surface area contributed by atoms with Crippen LogP contribution in [0.25, 0.3) is 0 Å². The molecule has 4 fully saturated rings. The van der Waals surface area contributed by atoms with Crippen LogP contribution in [-0.2, 0) is 31.7 Å². The van der Waals surface area contributed by atoms with Gasteiger partial charge >= 0.3 is 7.12 Å². The Kier molecular flexibility index (Phi) is 11.9. The van der Waals surface area contributed by atoms with Gasteiger partial charge in [0.25, 0.3) is 5.91 Å². The Balaban J connectivity index is 1.30. The number of nitrogens with one attached hydrogen (secondary N) is 3. The van der Waals surface area contributed by atoms with Crippen molar-refractivity contribution in [3.63, 3.8) is 0 Å². The second-order valence-electron chi connectivity index (χ2n) is 15.6.